The Labute approximate surface area is 130 Å². The fraction of sp³-hybridized carbons (Fsp3) is 0.250. The van der Waals surface area contributed by atoms with Gasteiger partial charge in [0.2, 0.25) is 0 Å². The van der Waals surface area contributed by atoms with Crippen molar-refractivity contribution in [2.75, 3.05) is 13.2 Å². The van der Waals surface area contributed by atoms with Crippen LogP contribution in [0.2, 0.25) is 0 Å². The third-order valence-electron chi connectivity index (χ3n) is 2.91. The summed E-state index contributed by atoms with van der Waals surface area (Å²) in [5.41, 5.74) is -0.0383. The summed E-state index contributed by atoms with van der Waals surface area (Å²) >= 11 is 0. The minimum absolute atomic E-state index is 0.00587. The molecule has 23 heavy (non-hydrogen) atoms. The SMILES string of the molecule is OCCCOc1ccc(-c2ccccc2F)c(OC(F)(F)F)c1. The zero-order chi connectivity index (χ0) is 16.9. The van der Waals surface area contributed by atoms with Gasteiger partial charge in [-0.1, -0.05) is 18.2 Å². The quantitative estimate of drug-likeness (QED) is 0.639. The lowest BCUT2D eigenvalue weighted by molar-refractivity contribution is -0.274. The van der Waals surface area contributed by atoms with E-state index in [4.69, 9.17) is 9.84 Å². The molecule has 1 N–H and O–H groups in total. The number of benzene rings is 2. The summed E-state index contributed by atoms with van der Waals surface area (Å²) < 4.78 is 60.8. The minimum Gasteiger partial charge on any atom is -0.493 e. The van der Waals surface area contributed by atoms with Crippen LogP contribution in [-0.2, 0) is 0 Å². The molecule has 0 radical (unpaired) electrons. The molecule has 2 rings (SSSR count). The van der Waals surface area contributed by atoms with Gasteiger partial charge in [0.15, 0.2) is 0 Å². The molecule has 0 heterocycles. The molecule has 0 aliphatic carbocycles. The second kappa shape index (κ2) is 7.32. The zero-order valence-electron chi connectivity index (χ0n) is 11.9. The van der Waals surface area contributed by atoms with Gasteiger partial charge < -0.3 is 14.6 Å². The highest BCUT2D eigenvalue weighted by Crippen LogP contribution is 2.37. The Balaban J connectivity index is 2.39. The molecule has 2 aromatic carbocycles. The molecule has 124 valence electrons. The first-order valence-corrected chi connectivity index (χ1v) is 6.79. The first-order valence-electron chi connectivity index (χ1n) is 6.79. The third-order valence-corrected chi connectivity index (χ3v) is 2.91. The van der Waals surface area contributed by atoms with Gasteiger partial charge in [0.05, 0.1) is 6.61 Å². The van der Waals surface area contributed by atoms with Crippen molar-refractivity contribution in [1.29, 1.82) is 0 Å². The maximum atomic E-state index is 13.8. The number of aliphatic hydroxyl groups is 1. The van der Waals surface area contributed by atoms with Crippen molar-refractivity contribution in [2.45, 2.75) is 12.8 Å². The van der Waals surface area contributed by atoms with Crippen molar-refractivity contribution in [3.8, 4) is 22.6 Å². The number of hydrogen-bond donors (Lipinski definition) is 1. The number of alkyl halides is 3. The van der Waals surface area contributed by atoms with Gasteiger partial charge in [0.25, 0.3) is 0 Å². The van der Waals surface area contributed by atoms with E-state index in [-0.39, 0.29) is 30.1 Å². The number of aliphatic hydroxyl groups excluding tert-OH is 1. The van der Waals surface area contributed by atoms with Crippen LogP contribution in [0.4, 0.5) is 17.6 Å². The second-order valence-corrected chi connectivity index (χ2v) is 4.61. The van der Waals surface area contributed by atoms with Gasteiger partial charge >= 0.3 is 6.36 Å². The fourth-order valence-corrected chi connectivity index (χ4v) is 1.96. The molecule has 0 atom stereocenters. The smallest absolute Gasteiger partial charge is 0.493 e. The van der Waals surface area contributed by atoms with E-state index in [0.717, 1.165) is 12.1 Å². The summed E-state index contributed by atoms with van der Waals surface area (Å²) in [6.45, 7) is 0.0419. The molecule has 2 aromatic rings. The Morgan fingerprint density at radius 2 is 1.74 bits per heavy atom. The molecular formula is C16H14F4O3. The topological polar surface area (TPSA) is 38.7 Å². The Bertz CT molecular complexity index is 656. The van der Waals surface area contributed by atoms with Gasteiger partial charge in [-0.2, -0.15) is 0 Å². The van der Waals surface area contributed by atoms with Crippen molar-refractivity contribution in [1.82, 2.24) is 0 Å². The Hall–Kier alpha value is -2.28. The van der Waals surface area contributed by atoms with E-state index in [1.165, 1.54) is 30.3 Å². The van der Waals surface area contributed by atoms with Crippen LogP contribution < -0.4 is 9.47 Å². The molecule has 0 bridgehead atoms. The lowest BCUT2D eigenvalue weighted by Crippen LogP contribution is -2.17. The van der Waals surface area contributed by atoms with E-state index in [9.17, 15) is 17.6 Å². The summed E-state index contributed by atoms with van der Waals surface area (Å²) in [5.74, 6) is -1.07. The number of rotatable bonds is 6. The van der Waals surface area contributed by atoms with Crippen molar-refractivity contribution in [3.05, 3.63) is 48.3 Å². The highest BCUT2D eigenvalue weighted by Gasteiger charge is 2.32. The van der Waals surface area contributed by atoms with Crippen LogP contribution in [0.3, 0.4) is 0 Å². The Morgan fingerprint density at radius 3 is 2.39 bits per heavy atom. The maximum Gasteiger partial charge on any atom is 0.573 e. The minimum atomic E-state index is -4.91. The molecule has 0 saturated heterocycles. The standard InChI is InChI=1S/C16H14F4O3/c17-14-5-2-1-4-12(14)13-7-6-11(22-9-3-8-21)10-15(13)23-16(18,19)20/h1-2,4-7,10,21H,3,8-9H2. The van der Waals surface area contributed by atoms with E-state index in [0.29, 0.717) is 6.42 Å². The summed E-state index contributed by atoms with van der Waals surface area (Å²) in [6.07, 6.45) is -4.58. The van der Waals surface area contributed by atoms with Crippen LogP contribution >= 0.6 is 0 Å². The second-order valence-electron chi connectivity index (χ2n) is 4.61. The summed E-state index contributed by atoms with van der Waals surface area (Å²) in [6, 6.07) is 9.23. The number of ether oxygens (including phenoxy) is 2. The van der Waals surface area contributed by atoms with Gasteiger partial charge in [-0.3, -0.25) is 0 Å². The molecule has 0 unspecified atom stereocenters. The number of hydrogen-bond acceptors (Lipinski definition) is 3. The van der Waals surface area contributed by atoms with E-state index in [1.807, 2.05) is 0 Å². The highest BCUT2D eigenvalue weighted by atomic mass is 19.4. The predicted octanol–water partition coefficient (Wildman–Crippen LogP) is 4.15. The van der Waals surface area contributed by atoms with Crippen molar-refractivity contribution in [3.63, 3.8) is 0 Å². The highest BCUT2D eigenvalue weighted by molar-refractivity contribution is 5.72. The monoisotopic (exact) mass is 330 g/mol. The lowest BCUT2D eigenvalue weighted by Gasteiger charge is -2.15. The first-order chi connectivity index (χ1) is 10.9. The van der Waals surface area contributed by atoms with Crippen LogP contribution in [0.25, 0.3) is 11.1 Å². The van der Waals surface area contributed by atoms with Gasteiger partial charge in [-0.05, 0) is 18.2 Å². The first kappa shape index (κ1) is 17.1. The number of halogens is 4. The average molecular weight is 330 g/mol. The largest absolute Gasteiger partial charge is 0.573 e. The molecule has 0 aliphatic rings. The van der Waals surface area contributed by atoms with Crippen molar-refractivity contribution >= 4 is 0 Å². The van der Waals surface area contributed by atoms with Crippen molar-refractivity contribution in [2.24, 2.45) is 0 Å². The Morgan fingerprint density at radius 1 is 1.00 bits per heavy atom. The molecule has 0 aromatic heterocycles. The van der Waals surface area contributed by atoms with E-state index < -0.39 is 17.9 Å². The molecule has 0 aliphatic heterocycles. The van der Waals surface area contributed by atoms with Crippen LogP contribution in [-0.4, -0.2) is 24.7 Å². The van der Waals surface area contributed by atoms with E-state index >= 15 is 0 Å². The Kier molecular flexibility index (Phi) is 5.44. The summed E-state index contributed by atoms with van der Waals surface area (Å²) in [4.78, 5) is 0. The molecular weight excluding hydrogens is 316 g/mol. The molecule has 0 spiro atoms. The van der Waals surface area contributed by atoms with Crippen LogP contribution in [0.1, 0.15) is 6.42 Å². The maximum absolute atomic E-state index is 13.8. The van der Waals surface area contributed by atoms with Gasteiger partial charge in [-0.25, -0.2) is 4.39 Å². The molecule has 0 fully saturated rings. The summed E-state index contributed by atoms with van der Waals surface area (Å²) in [7, 11) is 0. The van der Waals surface area contributed by atoms with E-state index in [2.05, 4.69) is 4.74 Å². The van der Waals surface area contributed by atoms with Crippen LogP contribution in [0.15, 0.2) is 42.5 Å². The third kappa shape index (κ3) is 4.85. The molecule has 0 amide bonds. The molecule has 3 nitrogen and oxygen atoms in total. The van der Waals surface area contributed by atoms with Gasteiger partial charge in [-0.15, -0.1) is 13.2 Å². The normalized spacial score (nSPS) is 11.3. The fourth-order valence-electron chi connectivity index (χ4n) is 1.96. The van der Waals surface area contributed by atoms with Crippen molar-refractivity contribution < 1.29 is 32.1 Å². The van der Waals surface area contributed by atoms with E-state index in [1.54, 1.807) is 0 Å². The lowest BCUT2D eigenvalue weighted by atomic mass is 10.0. The molecule has 7 heteroatoms. The van der Waals surface area contributed by atoms with Crippen LogP contribution in [0.5, 0.6) is 11.5 Å². The van der Waals surface area contributed by atoms with Gasteiger partial charge in [0.1, 0.15) is 17.3 Å². The average Bonchev–Trinajstić information content (AvgIpc) is 2.47. The van der Waals surface area contributed by atoms with Crippen LogP contribution in [0, 0.1) is 5.82 Å². The van der Waals surface area contributed by atoms with Gasteiger partial charge in [0, 0.05) is 30.2 Å². The molecule has 0 saturated carbocycles. The summed E-state index contributed by atoms with van der Waals surface area (Å²) in [5, 5.41) is 8.68. The zero-order valence-corrected chi connectivity index (χ0v) is 11.9. The predicted molar refractivity (Wildman–Crippen MR) is 75.7 cm³/mol.